The highest BCUT2D eigenvalue weighted by Crippen LogP contribution is 2.21. The molecule has 144 valence electrons. The molecule has 2 heterocycles. The fourth-order valence-electron chi connectivity index (χ4n) is 2.42. The maximum atomic E-state index is 11.5. The molecule has 0 unspecified atom stereocenters. The zero-order valence-corrected chi connectivity index (χ0v) is 16.5. The van der Waals surface area contributed by atoms with Crippen molar-refractivity contribution in [3.05, 3.63) is 59.9 Å². The Morgan fingerprint density at radius 2 is 2.00 bits per heavy atom. The van der Waals surface area contributed by atoms with E-state index in [9.17, 15) is 13.2 Å². The monoisotopic (exact) mass is 415 g/mol. The van der Waals surface area contributed by atoms with E-state index in [1.54, 1.807) is 24.4 Å². The van der Waals surface area contributed by atoms with Crippen LogP contribution in [0.3, 0.4) is 0 Å². The van der Waals surface area contributed by atoms with Gasteiger partial charge in [0.15, 0.2) is 11.4 Å². The van der Waals surface area contributed by atoms with Gasteiger partial charge in [-0.25, -0.2) is 23.5 Å². The van der Waals surface area contributed by atoms with Crippen LogP contribution in [0, 0.1) is 0 Å². The Bertz CT molecular complexity index is 1100. The van der Waals surface area contributed by atoms with Crippen LogP contribution in [-0.4, -0.2) is 35.9 Å². The number of sulfonamides is 1. The molecule has 3 rings (SSSR count). The van der Waals surface area contributed by atoms with Gasteiger partial charge >= 0.3 is 0 Å². The lowest BCUT2D eigenvalue weighted by Gasteiger charge is -2.09. The van der Waals surface area contributed by atoms with Crippen molar-refractivity contribution in [2.75, 3.05) is 11.6 Å². The Kier molecular flexibility index (Phi) is 6.02. The van der Waals surface area contributed by atoms with Gasteiger partial charge in [0.2, 0.25) is 10.0 Å². The number of pyridine rings is 1. The predicted molar refractivity (Wildman–Crippen MR) is 108 cm³/mol. The van der Waals surface area contributed by atoms with E-state index in [-0.39, 0.29) is 4.90 Å². The van der Waals surface area contributed by atoms with Crippen LogP contribution in [0.15, 0.2) is 58.8 Å². The molecule has 0 saturated heterocycles. The number of nitrogens with zero attached hydrogens (tertiary/aromatic N) is 3. The lowest BCUT2D eigenvalue weighted by molar-refractivity contribution is 0.112. The summed E-state index contributed by atoms with van der Waals surface area (Å²) >= 11 is 1.38. The van der Waals surface area contributed by atoms with Crippen LogP contribution in [-0.2, 0) is 16.6 Å². The molecular formula is C18H17N5O3S2. The molecular weight excluding hydrogens is 398 g/mol. The quantitative estimate of drug-likeness (QED) is 0.342. The van der Waals surface area contributed by atoms with Crippen LogP contribution in [0.2, 0.25) is 0 Å². The third-order valence-electron chi connectivity index (χ3n) is 3.85. The molecule has 0 atom stereocenters. The molecule has 3 aromatic rings. The molecule has 3 N–H and O–H groups in total. The van der Waals surface area contributed by atoms with Crippen LogP contribution < -0.4 is 10.5 Å². The molecule has 0 spiro atoms. The third kappa shape index (κ3) is 4.71. The predicted octanol–water partition coefficient (Wildman–Crippen LogP) is 2.33. The number of nitrogens with two attached hydrogens (primary N) is 1. The first-order valence-electron chi connectivity index (χ1n) is 8.09. The number of carbonyl (C=O) groups excluding carboxylic acids is 1. The molecule has 0 aliphatic carbocycles. The Morgan fingerprint density at radius 1 is 1.18 bits per heavy atom. The zero-order chi connectivity index (χ0) is 20.1. The minimum Gasteiger partial charge on any atom is -0.365 e. The van der Waals surface area contributed by atoms with E-state index < -0.39 is 10.0 Å². The number of hydrogen-bond acceptors (Lipinski definition) is 8. The maximum Gasteiger partial charge on any atom is 0.238 e. The van der Waals surface area contributed by atoms with Gasteiger partial charge in [0.1, 0.15) is 5.82 Å². The van der Waals surface area contributed by atoms with Gasteiger partial charge in [-0.2, -0.15) is 0 Å². The molecule has 8 nitrogen and oxygen atoms in total. The normalized spacial score (nSPS) is 11.2. The summed E-state index contributed by atoms with van der Waals surface area (Å²) in [7, 11) is -3.77. The topological polar surface area (TPSA) is 128 Å². The Balaban J connectivity index is 1.76. The maximum absolute atomic E-state index is 11.5. The highest BCUT2D eigenvalue weighted by atomic mass is 32.2. The summed E-state index contributed by atoms with van der Waals surface area (Å²) in [5.41, 5.74) is 2.51. The molecule has 0 radical (unpaired) electrons. The van der Waals surface area contributed by atoms with Crippen molar-refractivity contribution in [3.63, 3.8) is 0 Å². The number of carbonyl (C=O) groups is 1. The molecule has 0 saturated carbocycles. The highest BCUT2D eigenvalue weighted by Gasteiger charge is 2.10. The fourth-order valence-corrected chi connectivity index (χ4v) is 3.32. The minimum atomic E-state index is -3.77. The van der Waals surface area contributed by atoms with Crippen LogP contribution in [0.25, 0.3) is 11.3 Å². The number of thioether (sulfide) groups is 1. The molecule has 0 fully saturated rings. The average molecular weight is 416 g/mol. The molecule has 28 heavy (non-hydrogen) atoms. The lowest BCUT2D eigenvalue weighted by Crippen LogP contribution is -2.12. The number of aldehydes is 1. The number of primary sulfonamides is 1. The zero-order valence-electron chi connectivity index (χ0n) is 14.9. The lowest BCUT2D eigenvalue weighted by atomic mass is 10.1. The smallest absolute Gasteiger partial charge is 0.238 e. The molecule has 0 bridgehead atoms. The van der Waals surface area contributed by atoms with E-state index in [0.29, 0.717) is 40.6 Å². The number of anilines is 1. The highest BCUT2D eigenvalue weighted by molar-refractivity contribution is 7.98. The van der Waals surface area contributed by atoms with Gasteiger partial charge in [-0.1, -0.05) is 30.0 Å². The summed E-state index contributed by atoms with van der Waals surface area (Å²) in [4.78, 5) is 23.9. The van der Waals surface area contributed by atoms with Crippen molar-refractivity contribution in [3.8, 4) is 11.3 Å². The van der Waals surface area contributed by atoms with Crippen molar-refractivity contribution in [1.82, 2.24) is 15.0 Å². The van der Waals surface area contributed by atoms with Crippen LogP contribution >= 0.6 is 11.8 Å². The second-order valence-electron chi connectivity index (χ2n) is 5.76. The van der Waals surface area contributed by atoms with Gasteiger partial charge in [0.05, 0.1) is 16.2 Å². The van der Waals surface area contributed by atoms with E-state index in [1.807, 2.05) is 12.3 Å². The number of nitrogens with one attached hydrogen (secondary N) is 1. The van der Waals surface area contributed by atoms with Crippen molar-refractivity contribution in [1.29, 1.82) is 0 Å². The van der Waals surface area contributed by atoms with Gasteiger partial charge in [0, 0.05) is 24.5 Å². The van der Waals surface area contributed by atoms with Crippen LogP contribution in [0.4, 0.5) is 5.82 Å². The Morgan fingerprint density at radius 3 is 2.64 bits per heavy atom. The second-order valence-corrected chi connectivity index (χ2v) is 8.09. The molecule has 2 aromatic heterocycles. The molecule has 0 aliphatic rings. The summed E-state index contributed by atoms with van der Waals surface area (Å²) in [5, 5.41) is 8.85. The summed E-state index contributed by atoms with van der Waals surface area (Å²) in [5.74, 6) is 0.458. The minimum absolute atomic E-state index is 0.0345. The molecule has 0 aliphatic heterocycles. The van der Waals surface area contributed by atoms with Crippen molar-refractivity contribution >= 4 is 33.9 Å². The van der Waals surface area contributed by atoms with E-state index >= 15 is 0 Å². The molecule has 1 aromatic carbocycles. The van der Waals surface area contributed by atoms with Crippen molar-refractivity contribution < 1.29 is 13.2 Å². The van der Waals surface area contributed by atoms with Gasteiger partial charge in [-0.05, 0) is 30.0 Å². The standard InChI is InChI=1S/C18H17N5O3S2/c1-27-18-22-10-14(11-24)17(23-18)21-9-12-5-6-16(20-8-12)13-3-2-4-15(7-13)28(19,25)26/h2-8,10-11H,9H2,1H3,(H2,19,25,26)(H,21,22,23). The number of benzene rings is 1. The van der Waals surface area contributed by atoms with E-state index in [4.69, 9.17) is 5.14 Å². The van der Waals surface area contributed by atoms with Gasteiger partial charge < -0.3 is 5.32 Å². The number of hydrogen-bond donors (Lipinski definition) is 2. The fraction of sp³-hybridized carbons (Fsp3) is 0.111. The van der Waals surface area contributed by atoms with Crippen LogP contribution in [0.5, 0.6) is 0 Å². The average Bonchev–Trinajstić information content (AvgIpc) is 2.72. The molecule has 0 amide bonds. The Hall–Kier alpha value is -2.82. The second kappa shape index (κ2) is 8.46. The summed E-state index contributed by atoms with van der Waals surface area (Å²) in [6.07, 6.45) is 5.71. The van der Waals surface area contributed by atoms with Crippen molar-refractivity contribution in [2.45, 2.75) is 16.6 Å². The van der Waals surface area contributed by atoms with E-state index in [0.717, 1.165) is 5.56 Å². The van der Waals surface area contributed by atoms with E-state index in [2.05, 4.69) is 20.3 Å². The largest absolute Gasteiger partial charge is 0.365 e. The third-order valence-corrected chi connectivity index (χ3v) is 5.32. The first-order chi connectivity index (χ1) is 13.4. The number of aromatic nitrogens is 3. The van der Waals surface area contributed by atoms with Crippen LogP contribution in [0.1, 0.15) is 15.9 Å². The van der Waals surface area contributed by atoms with E-state index in [1.165, 1.54) is 30.1 Å². The Labute approximate surface area is 166 Å². The van der Waals surface area contributed by atoms with Gasteiger partial charge in [-0.3, -0.25) is 9.78 Å². The molecule has 10 heteroatoms. The number of rotatable bonds is 7. The SMILES string of the molecule is CSc1ncc(C=O)c(NCc2ccc(-c3cccc(S(N)(=O)=O)c3)nc2)n1. The summed E-state index contributed by atoms with van der Waals surface area (Å²) in [6, 6.07) is 9.94. The van der Waals surface area contributed by atoms with Gasteiger partial charge in [-0.15, -0.1) is 0 Å². The summed E-state index contributed by atoms with van der Waals surface area (Å²) < 4.78 is 23.0. The first-order valence-corrected chi connectivity index (χ1v) is 10.9. The van der Waals surface area contributed by atoms with Crippen molar-refractivity contribution in [2.24, 2.45) is 5.14 Å². The summed E-state index contributed by atoms with van der Waals surface area (Å²) in [6.45, 7) is 0.413. The van der Waals surface area contributed by atoms with Gasteiger partial charge in [0.25, 0.3) is 0 Å². The first kappa shape index (κ1) is 19.9.